The molecule has 4 nitrogen and oxygen atoms in total. The van der Waals surface area contributed by atoms with E-state index in [0.717, 1.165) is 38.1 Å². The summed E-state index contributed by atoms with van der Waals surface area (Å²) in [7, 11) is 0. The monoisotopic (exact) mass is 892 g/mol. The lowest BCUT2D eigenvalue weighted by Gasteiger charge is -2.13. The minimum absolute atomic E-state index is 0.651. The van der Waals surface area contributed by atoms with Crippen LogP contribution in [-0.2, 0) is 0 Å². The molecule has 66 heavy (non-hydrogen) atoms. The van der Waals surface area contributed by atoms with Gasteiger partial charge >= 0.3 is 0 Å². The van der Waals surface area contributed by atoms with Crippen molar-refractivity contribution < 1.29 is 0 Å². The zero-order valence-electron chi connectivity index (χ0n) is 35.0. The topological polar surface area (TPSA) is 43.6 Å². The molecule has 0 radical (unpaired) electrons. The standard InChI is InChI=1S/C59H32N4S3/c1-3-13-38-33(11-1)23-27-47-54(38)55-39-14-4-2-12-34(39)24-28-48(55)63(47)37-31-45-42-17-7-10-20-51(42)66-56(45)46(32-37)59-61-57(35-21-25-43-40-15-5-8-18-49(40)64-52(43)29-35)60-58(62-59)36-22-26-44-41-16-6-9-19-50(41)65-53(44)30-36/h1-32H. The number of thiophene rings is 3. The van der Waals surface area contributed by atoms with Gasteiger partial charge in [-0.2, -0.15) is 0 Å². The van der Waals surface area contributed by atoms with Crippen LogP contribution in [0, 0.1) is 0 Å². The van der Waals surface area contributed by atoms with E-state index in [2.05, 4.69) is 199 Å². The van der Waals surface area contributed by atoms with Crippen LogP contribution in [0.4, 0.5) is 0 Å². The summed E-state index contributed by atoms with van der Waals surface area (Å²) in [6, 6.07) is 70.8. The van der Waals surface area contributed by atoms with E-state index in [-0.39, 0.29) is 0 Å². The Morgan fingerprint density at radius 3 is 1.30 bits per heavy atom. The fourth-order valence-corrected chi connectivity index (χ4v) is 13.9. The van der Waals surface area contributed by atoms with E-state index in [1.165, 1.54) is 88.1 Å². The van der Waals surface area contributed by atoms with Crippen LogP contribution in [0.5, 0.6) is 0 Å². The Morgan fingerprint density at radius 1 is 0.318 bits per heavy atom. The average Bonchev–Trinajstić information content (AvgIpc) is 4.14. The number of nitrogens with zero attached hydrogens (tertiary/aromatic N) is 4. The van der Waals surface area contributed by atoms with Gasteiger partial charge in [-0.25, -0.2) is 15.0 Å². The molecule has 0 unspecified atom stereocenters. The molecule has 0 fully saturated rings. The summed E-state index contributed by atoms with van der Waals surface area (Å²) in [5.74, 6) is 1.96. The van der Waals surface area contributed by atoms with Crippen LogP contribution in [0.1, 0.15) is 0 Å². The maximum atomic E-state index is 5.49. The van der Waals surface area contributed by atoms with Crippen LogP contribution < -0.4 is 0 Å². The van der Waals surface area contributed by atoms with E-state index in [9.17, 15) is 0 Å². The molecule has 0 aliphatic heterocycles. The predicted molar refractivity (Wildman–Crippen MR) is 284 cm³/mol. The van der Waals surface area contributed by atoms with Crippen LogP contribution >= 0.6 is 34.0 Å². The molecule has 5 aromatic heterocycles. The van der Waals surface area contributed by atoms with Gasteiger partial charge in [0, 0.05) is 93.7 Å². The second kappa shape index (κ2) is 13.8. The highest BCUT2D eigenvalue weighted by Crippen LogP contribution is 2.46. The lowest BCUT2D eigenvalue weighted by Crippen LogP contribution is -2.01. The smallest absolute Gasteiger partial charge is 0.165 e. The van der Waals surface area contributed by atoms with Gasteiger partial charge in [0.15, 0.2) is 17.5 Å². The summed E-state index contributed by atoms with van der Waals surface area (Å²) < 4.78 is 9.81. The highest BCUT2D eigenvalue weighted by molar-refractivity contribution is 7.26. The highest BCUT2D eigenvalue weighted by Gasteiger charge is 2.23. The number of rotatable bonds is 4. The molecule has 0 aliphatic rings. The molecule has 0 bridgehead atoms. The summed E-state index contributed by atoms with van der Waals surface area (Å²) in [6.07, 6.45) is 0. The summed E-state index contributed by atoms with van der Waals surface area (Å²) >= 11 is 5.43. The summed E-state index contributed by atoms with van der Waals surface area (Å²) in [6.45, 7) is 0. The first kappa shape index (κ1) is 36.5. The van der Waals surface area contributed by atoms with Crippen molar-refractivity contribution in [3.05, 3.63) is 194 Å². The molecule has 0 spiro atoms. The van der Waals surface area contributed by atoms with Crippen molar-refractivity contribution in [1.29, 1.82) is 0 Å². The molecule has 306 valence electrons. The normalized spacial score (nSPS) is 12.2. The second-order valence-corrected chi connectivity index (χ2v) is 20.3. The summed E-state index contributed by atoms with van der Waals surface area (Å²) in [5.41, 5.74) is 6.30. The van der Waals surface area contributed by atoms with Gasteiger partial charge in [-0.15, -0.1) is 34.0 Å². The molecule has 0 atom stereocenters. The molecule has 10 aromatic carbocycles. The Bertz CT molecular complexity index is 4320. The lowest BCUT2D eigenvalue weighted by atomic mass is 10.00. The van der Waals surface area contributed by atoms with Gasteiger partial charge in [0.05, 0.1) is 11.0 Å². The van der Waals surface area contributed by atoms with Crippen molar-refractivity contribution in [2.45, 2.75) is 0 Å². The summed E-state index contributed by atoms with van der Waals surface area (Å²) in [5, 5.41) is 14.9. The molecular formula is C59H32N4S3. The first-order valence-electron chi connectivity index (χ1n) is 22.1. The molecular weight excluding hydrogens is 861 g/mol. The Balaban J connectivity index is 1.03. The average molecular weight is 893 g/mol. The number of hydrogen-bond donors (Lipinski definition) is 0. The van der Waals surface area contributed by atoms with E-state index < -0.39 is 0 Å². The maximum absolute atomic E-state index is 5.49. The molecule has 7 heteroatoms. The maximum Gasteiger partial charge on any atom is 0.165 e. The van der Waals surface area contributed by atoms with Crippen molar-refractivity contribution in [3.8, 4) is 39.9 Å². The molecule has 0 saturated carbocycles. The van der Waals surface area contributed by atoms with E-state index >= 15 is 0 Å². The SMILES string of the molecule is c1ccc2c(c1)ccc1c2c2c3ccccc3ccc2n1-c1cc(-c2nc(-c3ccc4c(c3)sc3ccccc34)nc(-c3ccc4c(c3)sc3ccccc34)n2)c2sc3ccccc3c2c1. The van der Waals surface area contributed by atoms with Gasteiger partial charge in [0.25, 0.3) is 0 Å². The fraction of sp³-hybridized carbons (Fsp3) is 0. The number of hydrogen-bond acceptors (Lipinski definition) is 6. The fourth-order valence-electron chi connectivity index (χ4n) is 10.4. The molecule has 0 amide bonds. The van der Waals surface area contributed by atoms with Crippen molar-refractivity contribution in [2.24, 2.45) is 0 Å². The van der Waals surface area contributed by atoms with E-state index in [1.807, 2.05) is 22.7 Å². The van der Waals surface area contributed by atoms with Crippen LogP contribution in [0.25, 0.3) is 144 Å². The van der Waals surface area contributed by atoms with Crippen LogP contribution in [0.3, 0.4) is 0 Å². The van der Waals surface area contributed by atoms with E-state index in [4.69, 9.17) is 15.0 Å². The third-order valence-electron chi connectivity index (χ3n) is 13.4. The van der Waals surface area contributed by atoms with Crippen molar-refractivity contribution in [1.82, 2.24) is 19.5 Å². The summed E-state index contributed by atoms with van der Waals surface area (Å²) in [4.78, 5) is 16.3. The third kappa shape index (κ3) is 5.33. The molecule has 0 saturated heterocycles. The number of fused-ring (bicyclic) bond motifs is 16. The van der Waals surface area contributed by atoms with E-state index in [1.54, 1.807) is 11.3 Å². The van der Waals surface area contributed by atoms with Crippen LogP contribution in [0.2, 0.25) is 0 Å². The Hall–Kier alpha value is -7.81. The molecule has 0 aliphatic carbocycles. The van der Waals surface area contributed by atoms with Crippen molar-refractivity contribution in [3.63, 3.8) is 0 Å². The van der Waals surface area contributed by atoms with E-state index in [0.29, 0.717) is 17.5 Å². The lowest BCUT2D eigenvalue weighted by molar-refractivity contribution is 1.08. The van der Waals surface area contributed by atoms with Gasteiger partial charge in [-0.05, 0) is 76.1 Å². The Labute approximate surface area is 388 Å². The largest absolute Gasteiger partial charge is 0.309 e. The first-order valence-corrected chi connectivity index (χ1v) is 24.5. The van der Waals surface area contributed by atoms with Crippen molar-refractivity contribution in [2.75, 3.05) is 0 Å². The number of aromatic nitrogens is 4. The molecule has 5 heterocycles. The second-order valence-electron chi connectivity index (χ2n) is 17.1. The van der Waals surface area contributed by atoms with Gasteiger partial charge in [0.2, 0.25) is 0 Å². The molecule has 15 aromatic rings. The first-order chi connectivity index (χ1) is 32.7. The van der Waals surface area contributed by atoms with Crippen LogP contribution in [-0.4, -0.2) is 19.5 Å². The number of benzene rings is 10. The van der Waals surface area contributed by atoms with Gasteiger partial charge in [0.1, 0.15) is 0 Å². The quantitative estimate of drug-likeness (QED) is 0.177. The zero-order valence-corrected chi connectivity index (χ0v) is 37.4. The molecule has 15 rings (SSSR count). The molecule has 0 N–H and O–H groups in total. The Kier molecular flexibility index (Phi) is 7.66. The Morgan fingerprint density at radius 2 is 0.758 bits per heavy atom. The highest BCUT2D eigenvalue weighted by atomic mass is 32.1. The minimum atomic E-state index is 0.651. The van der Waals surface area contributed by atoms with Gasteiger partial charge in [-0.3, -0.25) is 0 Å². The van der Waals surface area contributed by atoms with Crippen molar-refractivity contribution >= 4 is 138 Å². The van der Waals surface area contributed by atoms with Crippen LogP contribution in [0.15, 0.2) is 194 Å². The third-order valence-corrected chi connectivity index (χ3v) is 16.9. The van der Waals surface area contributed by atoms with Gasteiger partial charge in [-0.1, -0.05) is 140 Å². The minimum Gasteiger partial charge on any atom is -0.309 e. The van der Waals surface area contributed by atoms with Gasteiger partial charge < -0.3 is 4.57 Å². The zero-order chi connectivity index (χ0) is 43.0. The predicted octanol–water partition coefficient (Wildman–Crippen LogP) is 17.4.